The van der Waals surface area contributed by atoms with Crippen LogP contribution in [0.25, 0.3) is 0 Å². The first kappa shape index (κ1) is 25.3. The quantitative estimate of drug-likeness (QED) is 0.438. The van der Waals surface area contributed by atoms with E-state index in [1.165, 1.54) is 38.5 Å². The summed E-state index contributed by atoms with van der Waals surface area (Å²) < 4.78 is 39.8. The summed E-state index contributed by atoms with van der Waals surface area (Å²) in [6.07, 6.45) is 10.5. The molecule has 0 bridgehead atoms. The van der Waals surface area contributed by atoms with Crippen molar-refractivity contribution >= 4 is 16.6 Å². The van der Waals surface area contributed by atoms with Crippen molar-refractivity contribution in [2.45, 2.75) is 139 Å². The first-order valence-electron chi connectivity index (χ1n) is 13.0. The molecule has 4 unspecified atom stereocenters. The Labute approximate surface area is 197 Å². The van der Waals surface area contributed by atoms with Gasteiger partial charge in [0.05, 0.1) is 13.2 Å². The summed E-state index contributed by atoms with van der Waals surface area (Å²) in [6.45, 7) is 14.6. The van der Waals surface area contributed by atoms with Crippen LogP contribution in [0.3, 0.4) is 0 Å². The zero-order valence-electron chi connectivity index (χ0n) is 21.2. The van der Waals surface area contributed by atoms with E-state index in [0.29, 0.717) is 13.2 Å². The third-order valence-electron chi connectivity index (χ3n) is 7.02. The van der Waals surface area contributed by atoms with Gasteiger partial charge in [0.15, 0.2) is 28.2 Å². The van der Waals surface area contributed by atoms with Crippen molar-refractivity contribution in [3.63, 3.8) is 0 Å². The van der Waals surface area contributed by atoms with E-state index in [4.69, 9.17) is 27.8 Å². The molecule has 0 N–H and O–H groups in total. The van der Waals surface area contributed by atoms with E-state index >= 15 is 0 Å². The third kappa shape index (κ3) is 6.24. The minimum atomic E-state index is -1.88. The standard InChI is InChI=1S/C24H46O6Si2/c1-31(2,3)29-21(19-17-25-23(27-19)13-9-7-10-14-23)22(30-32(4,5)6)20-18-26-24(28-20)15-11-8-12-16-24/h19-22H,7-18H2,1-6H3. The molecule has 4 fully saturated rings. The maximum absolute atomic E-state index is 6.85. The summed E-state index contributed by atoms with van der Waals surface area (Å²) in [5.41, 5.74) is 0. The minimum absolute atomic E-state index is 0.132. The maximum atomic E-state index is 6.85. The fourth-order valence-electron chi connectivity index (χ4n) is 5.71. The van der Waals surface area contributed by atoms with E-state index in [9.17, 15) is 0 Å². The first-order chi connectivity index (χ1) is 15.0. The minimum Gasteiger partial charge on any atom is -0.409 e. The van der Waals surface area contributed by atoms with E-state index < -0.39 is 28.2 Å². The van der Waals surface area contributed by atoms with Crippen LogP contribution in [0.1, 0.15) is 64.2 Å². The van der Waals surface area contributed by atoms with Crippen LogP contribution >= 0.6 is 0 Å². The van der Waals surface area contributed by atoms with Crippen molar-refractivity contribution in [3.05, 3.63) is 0 Å². The van der Waals surface area contributed by atoms with Gasteiger partial charge >= 0.3 is 0 Å². The fourth-order valence-corrected chi connectivity index (χ4v) is 7.92. The van der Waals surface area contributed by atoms with Crippen LogP contribution in [0.15, 0.2) is 0 Å². The van der Waals surface area contributed by atoms with Gasteiger partial charge in [0.1, 0.15) is 24.4 Å². The Morgan fingerprint density at radius 3 is 1.25 bits per heavy atom. The van der Waals surface area contributed by atoms with Gasteiger partial charge < -0.3 is 27.8 Å². The smallest absolute Gasteiger partial charge is 0.184 e. The molecule has 186 valence electrons. The van der Waals surface area contributed by atoms with E-state index in [-0.39, 0.29) is 24.4 Å². The number of rotatable bonds is 7. The van der Waals surface area contributed by atoms with E-state index in [2.05, 4.69) is 39.3 Å². The van der Waals surface area contributed by atoms with Gasteiger partial charge in [-0.05, 0) is 65.0 Å². The molecule has 2 saturated carbocycles. The highest BCUT2D eigenvalue weighted by atomic mass is 28.4. The molecule has 4 atom stereocenters. The summed E-state index contributed by atoms with van der Waals surface area (Å²) in [5, 5.41) is 0. The van der Waals surface area contributed by atoms with Gasteiger partial charge in [0.2, 0.25) is 0 Å². The molecule has 2 spiro atoms. The molecule has 2 aliphatic carbocycles. The lowest BCUT2D eigenvalue weighted by molar-refractivity contribution is -0.213. The molecule has 4 rings (SSSR count). The van der Waals surface area contributed by atoms with Crippen molar-refractivity contribution in [1.29, 1.82) is 0 Å². The molecule has 2 saturated heterocycles. The zero-order valence-corrected chi connectivity index (χ0v) is 23.2. The van der Waals surface area contributed by atoms with Crippen LogP contribution in [-0.2, 0) is 27.8 Å². The molecule has 8 heteroatoms. The number of hydrogen-bond acceptors (Lipinski definition) is 6. The van der Waals surface area contributed by atoms with Crippen LogP contribution in [0.2, 0.25) is 39.3 Å². The number of hydrogen-bond donors (Lipinski definition) is 0. The Kier molecular flexibility index (Phi) is 7.65. The van der Waals surface area contributed by atoms with Crippen molar-refractivity contribution in [1.82, 2.24) is 0 Å². The molecule has 0 radical (unpaired) electrons. The Morgan fingerprint density at radius 2 is 0.938 bits per heavy atom. The summed E-state index contributed by atoms with van der Waals surface area (Å²) in [5.74, 6) is -0.851. The maximum Gasteiger partial charge on any atom is 0.184 e. The SMILES string of the molecule is C[Si](C)(C)OC(C1COC2(CCCCC2)O1)C(O[Si](C)(C)C)C1COC2(CCCCC2)O1. The second kappa shape index (κ2) is 9.68. The average Bonchev–Trinajstić information content (AvgIpc) is 3.29. The summed E-state index contributed by atoms with van der Waals surface area (Å²) >= 11 is 0. The molecule has 0 aromatic heterocycles. The van der Waals surface area contributed by atoms with Crippen molar-refractivity contribution in [2.75, 3.05) is 13.2 Å². The largest absolute Gasteiger partial charge is 0.409 e. The zero-order chi connectivity index (χ0) is 23.0. The molecule has 2 heterocycles. The van der Waals surface area contributed by atoms with Crippen LogP contribution in [0.4, 0.5) is 0 Å². The topological polar surface area (TPSA) is 55.4 Å². The normalized spacial score (nSPS) is 32.4. The van der Waals surface area contributed by atoms with E-state index in [0.717, 1.165) is 25.7 Å². The second-order valence-corrected chi connectivity index (χ2v) is 21.2. The molecule has 4 aliphatic rings. The lowest BCUT2D eigenvalue weighted by atomic mass is 9.94. The Hall–Kier alpha value is 0.194. The van der Waals surface area contributed by atoms with Crippen LogP contribution < -0.4 is 0 Å². The van der Waals surface area contributed by atoms with Gasteiger partial charge in [0, 0.05) is 25.7 Å². The van der Waals surface area contributed by atoms with Gasteiger partial charge in [-0.15, -0.1) is 0 Å². The molecule has 2 aliphatic heterocycles. The van der Waals surface area contributed by atoms with Gasteiger partial charge in [-0.25, -0.2) is 0 Å². The molecular formula is C24H46O6Si2. The van der Waals surface area contributed by atoms with Crippen molar-refractivity contribution in [3.8, 4) is 0 Å². The first-order valence-corrected chi connectivity index (χ1v) is 19.8. The van der Waals surface area contributed by atoms with Crippen LogP contribution in [0, 0.1) is 0 Å². The molecular weight excluding hydrogens is 440 g/mol. The predicted octanol–water partition coefficient (Wildman–Crippen LogP) is 5.58. The van der Waals surface area contributed by atoms with Gasteiger partial charge in [-0.3, -0.25) is 0 Å². The lowest BCUT2D eigenvalue weighted by Gasteiger charge is -2.41. The molecule has 6 nitrogen and oxygen atoms in total. The van der Waals surface area contributed by atoms with Gasteiger partial charge in [-0.2, -0.15) is 0 Å². The average molecular weight is 487 g/mol. The number of ether oxygens (including phenoxy) is 4. The second-order valence-electron chi connectivity index (χ2n) is 12.3. The highest BCUT2D eigenvalue weighted by Crippen LogP contribution is 2.43. The van der Waals surface area contributed by atoms with Crippen molar-refractivity contribution < 1.29 is 27.8 Å². The predicted molar refractivity (Wildman–Crippen MR) is 130 cm³/mol. The highest BCUT2D eigenvalue weighted by Gasteiger charge is 2.53. The Morgan fingerprint density at radius 1 is 0.594 bits per heavy atom. The Bertz CT molecular complexity index is 565. The summed E-state index contributed by atoms with van der Waals surface area (Å²) in [4.78, 5) is 0. The molecule has 0 aromatic carbocycles. The van der Waals surface area contributed by atoms with Crippen LogP contribution in [-0.4, -0.2) is 65.8 Å². The molecule has 0 amide bonds. The summed E-state index contributed by atoms with van der Waals surface area (Å²) in [6, 6.07) is 0. The van der Waals surface area contributed by atoms with Crippen LogP contribution in [0.5, 0.6) is 0 Å². The van der Waals surface area contributed by atoms with Gasteiger partial charge in [0.25, 0.3) is 0 Å². The molecule has 32 heavy (non-hydrogen) atoms. The van der Waals surface area contributed by atoms with Crippen molar-refractivity contribution in [2.24, 2.45) is 0 Å². The van der Waals surface area contributed by atoms with E-state index in [1.807, 2.05) is 0 Å². The van der Waals surface area contributed by atoms with E-state index in [1.54, 1.807) is 0 Å². The van der Waals surface area contributed by atoms with Gasteiger partial charge in [-0.1, -0.05) is 12.8 Å². The summed E-state index contributed by atoms with van der Waals surface area (Å²) in [7, 11) is -3.76. The third-order valence-corrected chi connectivity index (χ3v) is 8.98. The highest BCUT2D eigenvalue weighted by molar-refractivity contribution is 6.70. The lowest BCUT2D eigenvalue weighted by Crippen LogP contribution is -2.56. The fraction of sp³-hybridized carbons (Fsp3) is 1.00. The molecule has 0 aromatic rings. The monoisotopic (exact) mass is 486 g/mol. The Balaban J connectivity index is 1.57.